The van der Waals surface area contributed by atoms with Crippen LogP contribution in [0.5, 0.6) is 0 Å². The van der Waals surface area contributed by atoms with Crippen LogP contribution in [0.4, 0.5) is 0 Å². The molecule has 0 radical (unpaired) electrons. The zero-order chi connectivity index (χ0) is 23.4. The van der Waals surface area contributed by atoms with E-state index in [1.54, 1.807) is 0 Å². The van der Waals surface area contributed by atoms with Gasteiger partial charge in [-0.3, -0.25) is 9.69 Å². The zero-order valence-corrected chi connectivity index (χ0v) is 21.9. The summed E-state index contributed by atoms with van der Waals surface area (Å²) in [6.45, 7) is 11.2. The Hall–Kier alpha value is -1.70. The summed E-state index contributed by atoms with van der Waals surface area (Å²) in [5.74, 6) is 0.956. The second-order valence-corrected chi connectivity index (χ2v) is 9.75. The van der Waals surface area contributed by atoms with Crippen LogP contribution in [0.15, 0.2) is 42.5 Å². The van der Waals surface area contributed by atoms with Crippen LogP contribution in [0.1, 0.15) is 31.2 Å². The number of hydrogen-bond donors (Lipinski definition) is 2. The number of nitrogens with one attached hydrogen (secondary N) is 2. The first kappa shape index (κ1) is 27.9. The van der Waals surface area contributed by atoms with Crippen LogP contribution < -0.4 is 10.6 Å². The fourth-order valence-corrected chi connectivity index (χ4v) is 5.10. The maximum absolute atomic E-state index is 12.9. The second kappa shape index (κ2) is 15.4. The van der Waals surface area contributed by atoms with Crippen LogP contribution in [0, 0.1) is 5.92 Å². The molecule has 4 rings (SSSR count). The van der Waals surface area contributed by atoms with Crippen molar-refractivity contribution in [3.63, 3.8) is 0 Å². The molecule has 0 atom stereocenters. The molecule has 2 aliphatic heterocycles. The molecule has 2 fully saturated rings. The summed E-state index contributed by atoms with van der Waals surface area (Å²) >= 11 is 0. The average Bonchev–Trinajstić information content (AvgIpc) is 2.89. The van der Waals surface area contributed by atoms with E-state index in [1.165, 1.54) is 23.6 Å². The lowest BCUT2D eigenvalue weighted by molar-refractivity contribution is -0.131. The Kier molecular flexibility index (Phi) is 12.3. The number of benzene rings is 2. The van der Waals surface area contributed by atoms with E-state index in [9.17, 15) is 4.79 Å². The molecule has 0 aliphatic carbocycles. The molecule has 6 nitrogen and oxygen atoms in total. The van der Waals surface area contributed by atoms with Crippen LogP contribution in [-0.4, -0.2) is 87.8 Å². The minimum absolute atomic E-state index is 0. The van der Waals surface area contributed by atoms with Crippen molar-refractivity contribution in [2.75, 3.05) is 72.1 Å². The third-order valence-corrected chi connectivity index (χ3v) is 7.29. The van der Waals surface area contributed by atoms with E-state index < -0.39 is 0 Å². The van der Waals surface area contributed by atoms with Crippen molar-refractivity contribution in [2.45, 2.75) is 32.1 Å². The largest absolute Gasteiger partial charge is 0.379 e. The van der Waals surface area contributed by atoms with Crippen LogP contribution in [-0.2, 0) is 16.0 Å². The second-order valence-electron chi connectivity index (χ2n) is 9.75. The Bertz CT molecular complexity index is 877. The van der Waals surface area contributed by atoms with E-state index in [0.29, 0.717) is 12.3 Å². The summed E-state index contributed by atoms with van der Waals surface area (Å²) < 4.78 is 5.39. The third kappa shape index (κ3) is 9.03. The highest BCUT2D eigenvalue weighted by Gasteiger charge is 2.23. The minimum atomic E-state index is 0. The Labute approximate surface area is 217 Å². The molecule has 2 heterocycles. The first-order chi connectivity index (χ1) is 16.8. The van der Waals surface area contributed by atoms with Gasteiger partial charge in [-0.1, -0.05) is 42.5 Å². The monoisotopic (exact) mass is 502 g/mol. The third-order valence-electron chi connectivity index (χ3n) is 7.29. The van der Waals surface area contributed by atoms with Gasteiger partial charge in [0.25, 0.3) is 0 Å². The number of rotatable bonds is 12. The van der Waals surface area contributed by atoms with Gasteiger partial charge in [-0.05, 0) is 67.6 Å². The summed E-state index contributed by atoms with van der Waals surface area (Å²) in [6.07, 6.45) is 5.16. The summed E-state index contributed by atoms with van der Waals surface area (Å²) in [7, 11) is 0. The van der Waals surface area contributed by atoms with Gasteiger partial charge in [-0.15, -0.1) is 12.4 Å². The first-order valence-electron chi connectivity index (χ1n) is 13.3. The van der Waals surface area contributed by atoms with Crippen LogP contribution in [0.25, 0.3) is 10.8 Å². The van der Waals surface area contributed by atoms with E-state index in [4.69, 9.17) is 4.74 Å². The van der Waals surface area contributed by atoms with Crippen molar-refractivity contribution in [1.82, 2.24) is 20.4 Å². The number of unbranched alkanes of at least 4 members (excludes halogenated alkanes) is 1. The van der Waals surface area contributed by atoms with Gasteiger partial charge in [0.2, 0.25) is 5.91 Å². The van der Waals surface area contributed by atoms with Crippen molar-refractivity contribution in [3.8, 4) is 0 Å². The molecule has 2 aromatic carbocycles. The Morgan fingerprint density at radius 2 is 1.60 bits per heavy atom. The number of amides is 1. The highest BCUT2D eigenvalue weighted by atomic mass is 35.5. The summed E-state index contributed by atoms with van der Waals surface area (Å²) in [5, 5.41) is 9.62. The van der Waals surface area contributed by atoms with Gasteiger partial charge < -0.3 is 20.3 Å². The van der Waals surface area contributed by atoms with Crippen LogP contribution in [0.2, 0.25) is 0 Å². The molecule has 2 saturated heterocycles. The average molecular weight is 503 g/mol. The Morgan fingerprint density at radius 1 is 0.886 bits per heavy atom. The van der Waals surface area contributed by atoms with Crippen molar-refractivity contribution in [2.24, 2.45) is 5.92 Å². The maximum Gasteiger partial charge on any atom is 0.227 e. The van der Waals surface area contributed by atoms with Crippen molar-refractivity contribution in [1.29, 1.82) is 0 Å². The number of hydrogen-bond acceptors (Lipinski definition) is 5. The number of fused-ring (bicyclic) bond motifs is 1. The van der Waals surface area contributed by atoms with Gasteiger partial charge in [0.15, 0.2) is 0 Å². The lowest BCUT2D eigenvalue weighted by Gasteiger charge is -2.32. The minimum Gasteiger partial charge on any atom is -0.379 e. The first-order valence-corrected chi connectivity index (χ1v) is 13.3. The number of nitrogens with zero attached hydrogens (tertiary/aromatic N) is 2. The van der Waals surface area contributed by atoms with E-state index in [0.717, 1.165) is 90.5 Å². The number of likely N-dealkylation sites (tertiary alicyclic amines) is 1. The molecule has 0 bridgehead atoms. The Balaban J connectivity index is 0.00000342. The van der Waals surface area contributed by atoms with Gasteiger partial charge >= 0.3 is 0 Å². The smallest absolute Gasteiger partial charge is 0.227 e. The van der Waals surface area contributed by atoms with E-state index in [1.807, 2.05) is 0 Å². The van der Waals surface area contributed by atoms with Gasteiger partial charge in [0, 0.05) is 39.3 Å². The molecule has 2 N–H and O–H groups in total. The Morgan fingerprint density at radius 3 is 2.40 bits per heavy atom. The van der Waals surface area contributed by atoms with Gasteiger partial charge in [-0.25, -0.2) is 0 Å². The van der Waals surface area contributed by atoms with Gasteiger partial charge in [0.1, 0.15) is 0 Å². The molecule has 194 valence electrons. The standard InChI is InChI=1S/C28H42N4O2.ClH/c33-28(22-26-8-5-7-25-6-1-2-9-27(25)26)32-15-10-24(11-16-32)23-30-13-4-3-12-29-14-17-31-18-20-34-21-19-31;/h1-2,5-9,24,29-30H,3-4,10-23H2;1H. The molecule has 7 heteroatoms. The lowest BCUT2D eigenvalue weighted by atomic mass is 9.95. The number of ether oxygens (including phenoxy) is 1. The van der Waals surface area contributed by atoms with Crippen molar-refractivity contribution in [3.05, 3.63) is 48.0 Å². The van der Waals surface area contributed by atoms with Crippen LogP contribution in [0.3, 0.4) is 0 Å². The topological polar surface area (TPSA) is 56.8 Å². The van der Waals surface area contributed by atoms with Gasteiger partial charge in [-0.2, -0.15) is 0 Å². The highest BCUT2D eigenvalue weighted by molar-refractivity contribution is 5.90. The number of morpholine rings is 1. The fourth-order valence-electron chi connectivity index (χ4n) is 5.10. The van der Waals surface area contributed by atoms with E-state index >= 15 is 0 Å². The van der Waals surface area contributed by atoms with Crippen molar-refractivity contribution >= 4 is 29.1 Å². The number of carbonyl (C=O) groups excluding carboxylic acids is 1. The lowest BCUT2D eigenvalue weighted by Crippen LogP contribution is -2.41. The molecule has 2 aliphatic rings. The van der Waals surface area contributed by atoms with Gasteiger partial charge in [0.05, 0.1) is 19.6 Å². The molecule has 0 unspecified atom stereocenters. The van der Waals surface area contributed by atoms with E-state index in [-0.39, 0.29) is 18.3 Å². The molecule has 0 spiro atoms. The predicted octanol–water partition coefficient (Wildman–Crippen LogP) is 3.33. The fraction of sp³-hybridized carbons (Fsp3) is 0.607. The molecule has 1 amide bonds. The number of halogens is 1. The zero-order valence-electron chi connectivity index (χ0n) is 21.1. The molecule has 35 heavy (non-hydrogen) atoms. The summed E-state index contributed by atoms with van der Waals surface area (Å²) in [6, 6.07) is 14.6. The predicted molar refractivity (Wildman–Crippen MR) is 146 cm³/mol. The van der Waals surface area contributed by atoms with Crippen LogP contribution >= 0.6 is 12.4 Å². The highest BCUT2D eigenvalue weighted by Crippen LogP contribution is 2.21. The quantitative estimate of drug-likeness (QED) is 0.436. The number of carbonyl (C=O) groups is 1. The molecule has 0 saturated carbocycles. The molecule has 2 aromatic rings. The molecular formula is C28H43ClN4O2. The number of piperidine rings is 1. The van der Waals surface area contributed by atoms with Crippen molar-refractivity contribution < 1.29 is 9.53 Å². The summed E-state index contributed by atoms with van der Waals surface area (Å²) in [5.41, 5.74) is 1.14. The normalized spacial score (nSPS) is 17.4. The maximum atomic E-state index is 12.9. The molecule has 0 aromatic heterocycles. The van der Waals surface area contributed by atoms with E-state index in [2.05, 4.69) is 62.9 Å². The molecular weight excluding hydrogens is 460 g/mol. The SMILES string of the molecule is Cl.O=C(Cc1cccc2ccccc12)N1CCC(CNCCCCNCCN2CCOCC2)CC1. The summed E-state index contributed by atoms with van der Waals surface area (Å²) in [4.78, 5) is 17.5.